The van der Waals surface area contributed by atoms with Gasteiger partial charge in [-0.15, -0.1) is 0 Å². The maximum atomic E-state index is 12.2. The molecule has 5 heteroatoms. The summed E-state index contributed by atoms with van der Waals surface area (Å²) in [5, 5.41) is 22.5. The molecule has 1 fully saturated rings. The molecule has 1 saturated heterocycles. The number of hydrogen-bond donors (Lipinski definition) is 2. The van der Waals surface area contributed by atoms with Gasteiger partial charge in [0.15, 0.2) is 0 Å². The van der Waals surface area contributed by atoms with E-state index in [1.165, 1.54) is 5.56 Å². The van der Waals surface area contributed by atoms with E-state index in [0.717, 1.165) is 55.4 Å². The largest absolute Gasteiger partial charge is 0.478 e. The molecule has 1 aromatic carbocycles. The van der Waals surface area contributed by atoms with Gasteiger partial charge in [-0.2, -0.15) is 0 Å². The Balaban J connectivity index is 1.91. The number of benzene rings is 1. The van der Waals surface area contributed by atoms with E-state index in [0.29, 0.717) is 0 Å². The number of rotatable bonds is 2. The van der Waals surface area contributed by atoms with Gasteiger partial charge in [-0.3, -0.25) is 4.90 Å². The molecule has 3 aliphatic heterocycles. The first-order chi connectivity index (χ1) is 12.0. The highest BCUT2D eigenvalue weighted by molar-refractivity contribution is 5.89. The third kappa shape index (κ3) is 1.73. The van der Waals surface area contributed by atoms with Crippen molar-refractivity contribution in [3.63, 3.8) is 0 Å². The van der Waals surface area contributed by atoms with E-state index in [9.17, 15) is 15.0 Å². The Morgan fingerprint density at radius 1 is 1.32 bits per heavy atom. The summed E-state index contributed by atoms with van der Waals surface area (Å²) in [6.45, 7) is 4.25. The van der Waals surface area contributed by atoms with Crippen LogP contribution in [0.4, 0.5) is 0 Å². The van der Waals surface area contributed by atoms with E-state index in [2.05, 4.69) is 17.9 Å². The molecular weight excluding hydrogens is 316 g/mol. The molecular formula is C20H24N2O3. The average molecular weight is 340 g/mol. The molecule has 3 aliphatic rings. The van der Waals surface area contributed by atoms with Gasteiger partial charge in [0.2, 0.25) is 5.72 Å². The third-order valence-electron chi connectivity index (χ3n) is 7.01. The zero-order chi connectivity index (χ0) is 17.4. The molecule has 0 bridgehead atoms. The maximum Gasteiger partial charge on any atom is 0.357 e. The Morgan fingerprint density at radius 2 is 2.12 bits per heavy atom. The highest BCUT2D eigenvalue weighted by Crippen LogP contribution is 2.60. The van der Waals surface area contributed by atoms with E-state index >= 15 is 0 Å². The fourth-order valence-corrected chi connectivity index (χ4v) is 5.94. The molecule has 0 aliphatic carbocycles. The van der Waals surface area contributed by atoms with E-state index < -0.39 is 11.7 Å². The van der Waals surface area contributed by atoms with E-state index in [-0.39, 0.29) is 17.9 Å². The van der Waals surface area contributed by atoms with Gasteiger partial charge in [-0.25, -0.2) is 4.79 Å². The fourth-order valence-electron chi connectivity index (χ4n) is 5.94. The number of carbonyl (C=O) groups is 1. The first-order valence-corrected chi connectivity index (χ1v) is 9.34. The van der Waals surface area contributed by atoms with E-state index in [1.54, 1.807) is 4.57 Å². The summed E-state index contributed by atoms with van der Waals surface area (Å²) in [5.41, 5.74) is 1.14. The van der Waals surface area contributed by atoms with Crippen LogP contribution >= 0.6 is 0 Å². The topological polar surface area (TPSA) is 65.7 Å². The van der Waals surface area contributed by atoms with Crippen LogP contribution in [0.15, 0.2) is 24.3 Å². The van der Waals surface area contributed by atoms with Crippen LogP contribution in [0, 0.1) is 5.41 Å². The molecule has 1 aromatic heterocycles. The third-order valence-corrected chi connectivity index (χ3v) is 7.01. The molecule has 0 radical (unpaired) electrons. The molecule has 25 heavy (non-hydrogen) atoms. The summed E-state index contributed by atoms with van der Waals surface area (Å²) in [5.74, 6) is -1.13. The molecule has 4 heterocycles. The monoisotopic (exact) mass is 340 g/mol. The van der Waals surface area contributed by atoms with Crippen molar-refractivity contribution < 1.29 is 15.0 Å². The maximum absolute atomic E-state index is 12.2. The second-order valence-electron chi connectivity index (χ2n) is 8.02. The molecule has 132 valence electrons. The summed E-state index contributed by atoms with van der Waals surface area (Å²) in [6.07, 6.45) is 4.18. The Labute approximate surface area is 146 Å². The van der Waals surface area contributed by atoms with Crippen LogP contribution < -0.4 is 0 Å². The van der Waals surface area contributed by atoms with Crippen LogP contribution in [0.2, 0.25) is 0 Å². The van der Waals surface area contributed by atoms with Crippen LogP contribution in [0.5, 0.6) is 0 Å². The molecule has 2 aromatic rings. The van der Waals surface area contributed by atoms with Crippen LogP contribution in [-0.4, -0.2) is 38.7 Å². The summed E-state index contributed by atoms with van der Waals surface area (Å²) in [4.78, 5) is 14.8. The SMILES string of the molecule is CC[C@]12CCCN3CCc4c(n(c5ccccc45)[C@@](O)(C(=O)O)C1)C32. The Morgan fingerprint density at radius 3 is 2.88 bits per heavy atom. The van der Waals surface area contributed by atoms with Crippen LogP contribution in [0.25, 0.3) is 10.9 Å². The van der Waals surface area contributed by atoms with Crippen LogP contribution in [0.1, 0.15) is 49.9 Å². The predicted octanol–water partition coefficient (Wildman–Crippen LogP) is 2.86. The summed E-state index contributed by atoms with van der Waals surface area (Å²) in [7, 11) is 0. The first-order valence-electron chi connectivity index (χ1n) is 9.34. The van der Waals surface area contributed by atoms with Crippen molar-refractivity contribution in [3.05, 3.63) is 35.5 Å². The number of piperidine rings is 1. The van der Waals surface area contributed by atoms with Crippen LogP contribution in [-0.2, 0) is 16.9 Å². The number of fused-ring (bicyclic) bond motifs is 3. The number of aliphatic hydroxyl groups is 1. The second kappa shape index (κ2) is 4.86. The lowest BCUT2D eigenvalue weighted by Gasteiger charge is -2.57. The van der Waals surface area contributed by atoms with Crippen molar-refractivity contribution in [2.24, 2.45) is 5.41 Å². The van der Waals surface area contributed by atoms with Crippen molar-refractivity contribution in [2.45, 2.75) is 50.8 Å². The number of para-hydroxylation sites is 1. The molecule has 0 amide bonds. The molecule has 2 N–H and O–H groups in total. The minimum Gasteiger partial charge on any atom is -0.478 e. The lowest BCUT2D eigenvalue weighted by molar-refractivity contribution is -0.190. The van der Waals surface area contributed by atoms with E-state index in [4.69, 9.17) is 0 Å². The molecule has 0 saturated carbocycles. The lowest BCUT2D eigenvalue weighted by Crippen LogP contribution is -2.59. The Kier molecular flexibility index (Phi) is 3.00. The summed E-state index contributed by atoms with van der Waals surface area (Å²) in [6, 6.07) is 8.19. The quantitative estimate of drug-likeness (QED) is 0.882. The summed E-state index contributed by atoms with van der Waals surface area (Å²) >= 11 is 0. The molecule has 1 unspecified atom stereocenters. The molecule has 3 atom stereocenters. The van der Waals surface area contributed by atoms with Crippen molar-refractivity contribution >= 4 is 16.9 Å². The zero-order valence-electron chi connectivity index (χ0n) is 14.5. The first kappa shape index (κ1) is 15.4. The van der Waals surface area contributed by atoms with Crippen molar-refractivity contribution in [1.82, 2.24) is 9.47 Å². The molecule has 5 rings (SSSR count). The molecule has 5 nitrogen and oxygen atoms in total. The van der Waals surface area contributed by atoms with Crippen molar-refractivity contribution in [3.8, 4) is 0 Å². The average Bonchev–Trinajstić information content (AvgIpc) is 2.96. The number of aliphatic carboxylic acids is 1. The minimum absolute atomic E-state index is 0.162. The standard InChI is InChI=1S/C20H24N2O3/c1-2-19-9-5-10-21-11-8-14-13-6-3-4-7-15(13)22(16(14)17(19)21)20(25,12-19)18(23)24/h3-4,6-7,17,25H,2,5,8-12H2,1H3,(H,23,24)/t17?,19-,20-/m0/s1. The number of nitrogens with zero attached hydrogens (tertiary/aromatic N) is 2. The highest BCUT2D eigenvalue weighted by atomic mass is 16.4. The van der Waals surface area contributed by atoms with Gasteiger partial charge in [-0.1, -0.05) is 25.1 Å². The van der Waals surface area contributed by atoms with Gasteiger partial charge in [0.1, 0.15) is 0 Å². The number of carboxylic acids is 1. The van der Waals surface area contributed by atoms with E-state index in [1.807, 2.05) is 18.2 Å². The highest BCUT2D eigenvalue weighted by Gasteiger charge is 2.59. The fraction of sp³-hybridized carbons (Fsp3) is 0.550. The van der Waals surface area contributed by atoms with Crippen LogP contribution in [0.3, 0.4) is 0 Å². The number of carboxylic acid groups (broad SMARTS) is 1. The minimum atomic E-state index is -1.86. The van der Waals surface area contributed by atoms with Gasteiger partial charge in [0.25, 0.3) is 0 Å². The summed E-state index contributed by atoms with van der Waals surface area (Å²) < 4.78 is 1.76. The van der Waals surface area contributed by atoms with Gasteiger partial charge >= 0.3 is 5.97 Å². The normalized spacial score (nSPS) is 34.1. The second-order valence-corrected chi connectivity index (χ2v) is 8.02. The number of aromatic nitrogens is 1. The van der Waals surface area contributed by atoms with Crippen molar-refractivity contribution in [2.75, 3.05) is 13.1 Å². The Bertz CT molecular complexity index is 888. The lowest BCUT2D eigenvalue weighted by atomic mass is 9.62. The Hall–Kier alpha value is -1.85. The molecule has 0 spiro atoms. The number of hydrogen-bond acceptors (Lipinski definition) is 3. The van der Waals surface area contributed by atoms with Gasteiger partial charge < -0.3 is 14.8 Å². The van der Waals surface area contributed by atoms with Gasteiger partial charge in [0, 0.05) is 24.0 Å². The zero-order valence-corrected chi connectivity index (χ0v) is 14.5. The van der Waals surface area contributed by atoms with Gasteiger partial charge in [0.05, 0.1) is 11.6 Å². The van der Waals surface area contributed by atoms with Gasteiger partial charge in [-0.05, 0) is 49.3 Å². The smallest absolute Gasteiger partial charge is 0.357 e. The van der Waals surface area contributed by atoms with Crippen molar-refractivity contribution in [1.29, 1.82) is 0 Å². The predicted molar refractivity (Wildman–Crippen MR) is 94.4 cm³/mol.